The van der Waals surface area contributed by atoms with E-state index >= 15 is 0 Å². The number of anilines is 2. The Balaban J connectivity index is 2.88. The lowest BCUT2D eigenvalue weighted by Gasteiger charge is -2.25. The van der Waals surface area contributed by atoms with Crippen molar-refractivity contribution in [3.8, 4) is 5.75 Å². The first kappa shape index (κ1) is 21.6. The van der Waals surface area contributed by atoms with Gasteiger partial charge in [-0.05, 0) is 45.9 Å². The maximum absolute atomic E-state index is 12.3. The molecule has 8 heteroatoms. The van der Waals surface area contributed by atoms with E-state index in [-0.39, 0.29) is 12.1 Å². The number of methoxy groups -OCH3 is 2. The van der Waals surface area contributed by atoms with Crippen molar-refractivity contribution in [3.63, 3.8) is 0 Å². The average Bonchev–Trinajstić information content (AvgIpc) is 2.52. The van der Waals surface area contributed by atoms with Crippen molar-refractivity contribution in [2.24, 2.45) is 0 Å². The fourth-order valence-electron chi connectivity index (χ4n) is 2.06. The van der Waals surface area contributed by atoms with E-state index in [1.54, 1.807) is 53.1 Å². The quantitative estimate of drug-likeness (QED) is 0.803. The van der Waals surface area contributed by atoms with E-state index in [0.717, 1.165) is 0 Å². The highest BCUT2D eigenvalue weighted by Gasteiger charge is 2.19. The van der Waals surface area contributed by atoms with Gasteiger partial charge < -0.3 is 24.4 Å². The van der Waals surface area contributed by atoms with E-state index in [0.29, 0.717) is 23.7 Å². The van der Waals surface area contributed by atoms with Gasteiger partial charge in [0.15, 0.2) is 0 Å². The van der Waals surface area contributed by atoms with Gasteiger partial charge in [0.2, 0.25) is 0 Å². The SMILES string of the molecule is COCC(C)N(C)C(=O)Nc1ccc(OC)c(NC(=O)OC(C)(C)C)c1. The molecule has 0 aromatic heterocycles. The summed E-state index contributed by atoms with van der Waals surface area (Å²) in [6.45, 7) is 7.64. The maximum atomic E-state index is 12.3. The number of amides is 3. The molecule has 0 aliphatic heterocycles. The molecule has 0 saturated carbocycles. The lowest BCUT2D eigenvalue weighted by molar-refractivity contribution is 0.0635. The van der Waals surface area contributed by atoms with Crippen molar-refractivity contribution in [2.45, 2.75) is 39.3 Å². The molecule has 2 N–H and O–H groups in total. The molecule has 0 fully saturated rings. The number of carbonyl (C=O) groups is 2. The predicted octanol–water partition coefficient (Wildman–Crippen LogP) is 3.54. The van der Waals surface area contributed by atoms with Crippen molar-refractivity contribution in [2.75, 3.05) is 38.5 Å². The summed E-state index contributed by atoms with van der Waals surface area (Å²) < 4.78 is 15.5. The number of hydrogen-bond donors (Lipinski definition) is 2. The van der Waals surface area contributed by atoms with Crippen LogP contribution in [0.5, 0.6) is 5.75 Å². The number of rotatable bonds is 6. The molecule has 0 radical (unpaired) electrons. The maximum Gasteiger partial charge on any atom is 0.412 e. The van der Waals surface area contributed by atoms with Crippen molar-refractivity contribution in [1.82, 2.24) is 4.90 Å². The minimum atomic E-state index is -0.622. The highest BCUT2D eigenvalue weighted by atomic mass is 16.6. The van der Waals surface area contributed by atoms with Gasteiger partial charge in [-0.1, -0.05) is 0 Å². The predicted molar refractivity (Wildman–Crippen MR) is 101 cm³/mol. The van der Waals surface area contributed by atoms with Crippen molar-refractivity contribution in [3.05, 3.63) is 18.2 Å². The Morgan fingerprint density at radius 2 is 1.85 bits per heavy atom. The van der Waals surface area contributed by atoms with Crippen LogP contribution in [0.15, 0.2) is 18.2 Å². The highest BCUT2D eigenvalue weighted by molar-refractivity contribution is 5.92. The van der Waals surface area contributed by atoms with Crippen LogP contribution < -0.4 is 15.4 Å². The first-order valence-electron chi connectivity index (χ1n) is 8.28. The molecular formula is C18H29N3O5. The van der Waals surface area contributed by atoms with Gasteiger partial charge >= 0.3 is 12.1 Å². The van der Waals surface area contributed by atoms with Gasteiger partial charge in [-0.3, -0.25) is 5.32 Å². The zero-order chi connectivity index (χ0) is 19.9. The van der Waals surface area contributed by atoms with E-state index in [1.165, 1.54) is 12.0 Å². The molecule has 0 aliphatic carbocycles. The Hall–Kier alpha value is -2.48. The zero-order valence-corrected chi connectivity index (χ0v) is 16.5. The number of likely N-dealkylation sites (N-methyl/N-ethyl adjacent to an activating group) is 1. The van der Waals surface area contributed by atoms with Gasteiger partial charge in [0, 0.05) is 19.8 Å². The Bertz CT molecular complexity index is 628. The number of urea groups is 1. The van der Waals surface area contributed by atoms with Gasteiger partial charge in [0.05, 0.1) is 25.4 Å². The summed E-state index contributed by atoms with van der Waals surface area (Å²) >= 11 is 0. The molecular weight excluding hydrogens is 338 g/mol. The van der Waals surface area contributed by atoms with Crippen LogP contribution in [-0.4, -0.2) is 56.5 Å². The summed E-state index contributed by atoms with van der Waals surface area (Å²) in [4.78, 5) is 25.9. The third-order valence-corrected chi connectivity index (χ3v) is 3.48. The van der Waals surface area contributed by atoms with Crippen LogP contribution in [0, 0.1) is 0 Å². The zero-order valence-electron chi connectivity index (χ0n) is 16.5. The summed E-state index contributed by atoms with van der Waals surface area (Å²) in [7, 11) is 4.76. The van der Waals surface area contributed by atoms with Crippen LogP contribution in [0.25, 0.3) is 0 Å². The first-order chi connectivity index (χ1) is 12.1. The number of hydrogen-bond acceptors (Lipinski definition) is 5. The summed E-state index contributed by atoms with van der Waals surface area (Å²) in [5, 5.41) is 5.41. The van der Waals surface area contributed by atoms with Gasteiger partial charge in [0.1, 0.15) is 11.4 Å². The number of benzene rings is 1. The van der Waals surface area contributed by atoms with Gasteiger partial charge in [-0.15, -0.1) is 0 Å². The second-order valence-corrected chi connectivity index (χ2v) is 6.89. The standard InChI is InChI=1S/C18H29N3O5/c1-12(11-24-6)21(5)16(22)19-13-8-9-15(25-7)14(10-13)20-17(23)26-18(2,3)4/h8-10,12H,11H2,1-7H3,(H,19,22)(H,20,23). The molecule has 26 heavy (non-hydrogen) atoms. The molecule has 146 valence electrons. The van der Waals surface area contributed by atoms with Gasteiger partial charge in [0.25, 0.3) is 0 Å². The Labute approximate surface area is 154 Å². The average molecular weight is 367 g/mol. The Morgan fingerprint density at radius 3 is 2.38 bits per heavy atom. The first-order valence-corrected chi connectivity index (χ1v) is 8.28. The van der Waals surface area contributed by atoms with Crippen molar-refractivity contribution < 1.29 is 23.8 Å². The largest absolute Gasteiger partial charge is 0.495 e. The van der Waals surface area contributed by atoms with E-state index in [9.17, 15) is 9.59 Å². The molecule has 0 bridgehead atoms. The van der Waals surface area contributed by atoms with Crippen molar-refractivity contribution >= 4 is 23.5 Å². The van der Waals surface area contributed by atoms with E-state index in [2.05, 4.69) is 10.6 Å². The summed E-state index contributed by atoms with van der Waals surface area (Å²) in [6.07, 6.45) is -0.606. The molecule has 0 heterocycles. The number of nitrogens with one attached hydrogen (secondary N) is 2. The molecule has 1 atom stereocenters. The molecule has 0 spiro atoms. The summed E-state index contributed by atoms with van der Waals surface area (Å²) in [5.41, 5.74) is 0.286. The van der Waals surface area contributed by atoms with Crippen LogP contribution in [0.2, 0.25) is 0 Å². The second kappa shape index (κ2) is 9.28. The smallest absolute Gasteiger partial charge is 0.412 e. The van der Waals surface area contributed by atoms with E-state index < -0.39 is 11.7 Å². The highest BCUT2D eigenvalue weighted by Crippen LogP contribution is 2.28. The van der Waals surface area contributed by atoms with Crippen LogP contribution in [-0.2, 0) is 9.47 Å². The van der Waals surface area contributed by atoms with E-state index in [4.69, 9.17) is 14.2 Å². The molecule has 8 nitrogen and oxygen atoms in total. The summed E-state index contributed by atoms with van der Waals surface area (Å²) in [5.74, 6) is 0.454. The minimum Gasteiger partial charge on any atom is -0.495 e. The molecule has 0 saturated heterocycles. The third-order valence-electron chi connectivity index (χ3n) is 3.48. The number of nitrogens with zero attached hydrogens (tertiary/aromatic N) is 1. The second-order valence-electron chi connectivity index (χ2n) is 6.89. The minimum absolute atomic E-state index is 0.0855. The Kier molecular flexibility index (Phi) is 7.70. The summed E-state index contributed by atoms with van der Waals surface area (Å²) in [6, 6.07) is 4.57. The Morgan fingerprint density at radius 1 is 1.19 bits per heavy atom. The van der Waals surface area contributed by atoms with Crippen molar-refractivity contribution in [1.29, 1.82) is 0 Å². The van der Waals surface area contributed by atoms with E-state index in [1.807, 2.05) is 6.92 Å². The molecule has 1 aromatic rings. The topological polar surface area (TPSA) is 89.1 Å². The molecule has 1 aromatic carbocycles. The number of ether oxygens (including phenoxy) is 3. The molecule has 0 aliphatic rings. The van der Waals surface area contributed by atoms with Gasteiger partial charge in [-0.25, -0.2) is 9.59 Å². The van der Waals surface area contributed by atoms with Crippen LogP contribution >= 0.6 is 0 Å². The normalized spacial score (nSPS) is 12.1. The van der Waals surface area contributed by atoms with Crippen LogP contribution in [0.1, 0.15) is 27.7 Å². The van der Waals surface area contributed by atoms with Crippen LogP contribution in [0.3, 0.4) is 0 Å². The molecule has 1 rings (SSSR count). The fraction of sp³-hybridized carbons (Fsp3) is 0.556. The fourth-order valence-corrected chi connectivity index (χ4v) is 2.06. The lowest BCUT2D eigenvalue weighted by Crippen LogP contribution is -2.40. The molecule has 1 unspecified atom stereocenters. The molecule has 3 amide bonds. The lowest BCUT2D eigenvalue weighted by atomic mass is 10.2. The van der Waals surface area contributed by atoms with Gasteiger partial charge in [-0.2, -0.15) is 0 Å². The van der Waals surface area contributed by atoms with Crippen LogP contribution in [0.4, 0.5) is 21.0 Å². The number of carbonyl (C=O) groups excluding carboxylic acids is 2. The monoisotopic (exact) mass is 367 g/mol. The third kappa shape index (κ3) is 6.79.